The lowest BCUT2D eigenvalue weighted by Gasteiger charge is -2.21. The van der Waals surface area contributed by atoms with Crippen LogP contribution in [0.5, 0.6) is 0 Å². The van der Waals surface area contributed by atoms with Crippen molar-refractivity contribution in [1.82, 2.24) is 0 Å². The van der Waals surface area contributed by atoms with E-state index in [1.807, 2.05) is 13.8 Å². The molecular weight excluding hydrogens is 392 g/mol. The molecule has 0 radical (unpaired) electrons. The largest absolute Gasteiger partial charge is 0.481 e. The minimum Gasteiger partial charge on any atom is -0.481 e. The summed E-state index contributed by atoms with van der Waals surface area (Å²) >= 11 is 6.83. The molecule has 0 heterocycles. The summed E-state index contributed by atoms with van der Waals surface area (Å²) < 4.78 is 5.31. The molecule has 0 amide bonds. The van der Waals surface area contributed by atoms with Gasteiger partial charge in [0.1, 0.15) is 0 Å². The number of carboxylic acid groups (broad SMARTS) is 2. The van der Waals surface area contributed by atoms with Crippen molar-refractivity contribution in [3.05, 3.63) is 0 Å². The lowest BCUT2D eigenvalue weighted by atomic mass is 9.99. The van der Waals surface area contributed by atoms with Gasteiger partial charge in [0, 0.05) is 13.2 Å². The van der Waals surface area contributed by atoms with Crippen LogP contribution < -0.4 is 0 Å². The Kier molecular flexibility index (Phi) is 35.0. The zero-order valence-electron chi connectivity index (χ0n) is 17.2. The maximum atomic E-state index is 9.29. The van der Waals surface area contributed by atoms with Gasteiger partial charge in [0.05, 0.1) is 23.7 Å². The SMILES string of the molecule is CCC(O)(CC)CO.CCCCOCCCC.O=C(O)CS.O=C(O)CS. The van der Waals surface area contributed by atoms with Gasteiger partial charge < -0.3 is 25.2 Å². The van der Waals surface area contributed by atoms with Gasteiger partial charge in [-0.3, -0.25) is 9.59 Å². The quantitative estimate of drug-likeness (QED) is 0.219. The van der Waals surface area contributed by atoms with Gasteiger partial charge in [0.25, 0.3) is 0 Å². The first-order valence-electron chi connectivity index (χ1n) is 9.20. The number of unbranched alkanes of at least 4 members (excludes halogenated alkanes) is 2. The molecule has 0 aliphatic carbocycles. The second-order valence-electron chi connectivity index (χ2n) is 5.51. The fourth-order valence-electron chi connectivity index (χ4n) is 1.07. The number of carboxylic acids is 2. The molecule has 0 spiro atoms. The molecule has 0 bridgehead atoms. The van der Waals surface area contributed by atoms with Crippen LogP contribution in [0.3, 0.4) is 0 Å². The number of rotatable bonds is 11. The van der Waals surface area contributed by atoms with E-state index in [0.29, 0.717) is 12.8 Å². The van der Waals surface area contributed by atoms with E-state index in [0.717, 1.165) is 13.2 Å². The molecule has 0 aromatic rings. The Morgan fingerprint density at radius 3 is 1.26 bits per heavy atom. The molecule has 0 atom stereocenters. The van der Waals surface area contributed by atoms with Crippen molar-refractivity contribution in [3.63, 3.8) is 0 Å². The van der Waals surface area contributed by atoms with Gasteiger partial charge in [-0.1, -0.05) is 40.5 Å². The molecule has 0 aromatic heterocycles. The van der Waals surface area contributed by atoms with E-state index in [9.17, 15) is 14.7 Å². The van der Waals surface area contributed by atoms with Crippen molar-refractivity contribution in [2.45, 2.75) is 71.8 Å². The summed E-state index contributed by atoms with van der Waals surface area (Å²) in [7, 11) is 0. The molecule has 0 aromatic carbocycles. The van der Waals surface area contributed by atoms with E-state index in [-0.39, 0.29) is 18.1 Å². The van der Waals surface area contributed by atoms with Gasteiger partial charge in [-0.05, 0) is 25.7 Å². The van der Waals surface area contributed by atoms with Crippen molar-refractivity contribution in [1.29, 1.82) is 0 Å². The molecule has 166 valence electrons. The molecule has 0 fully saturated rings. The average molecular weight is 433 g/mol. The number of hydrogen-bond acceptors (Lipinski definition) is 7. The second kappa shape index (κ2) is 27.7. The average Bonchev–Trinajstić information content (AvgIpc) is 2.68. The Morgan fingerprint density at radius 2 is 1.15 bits per heavy atom. The summed E-state index contributed by atoms with van der Waals surface area (Å²) in [4.78, 5) is 18.6. The fourth-order valence-corrected chi connectivity index (χ4v) is 1.07. The Labute approximate surface area is 175 Å². The van der Waals surface area contributed by atoms with Gasteiger partial charge in [0.2, 0.25) is 0 Å². The monoisotopic (exact) mass is 432 g/mol. The molecule has 0 aliphatic heterocycles. The summed E-state index contributed by atoms with van der Waals surface area (Å²) in [6.45, 7) is 9.87. The van der Waals surface area contributed by atoms with Crippen LogP contribution in [0.25, 0.3) is 0 Å². The molecule has 27 heavy (non-hydrogen) atoms. The molecule has 0 aliphatic rings. The molecule has 7 nitrogen and oxygen atoms in total. The molecule has 0 saturated carbocycles. The number of thiol groups is 2. The van der Waals surface area contributed by atoms with Crippen LogP contribution in [-0.2, 0) is 14.3 Å². The highest BCUT2D eigenvalue weighted by molar-refractivity contribution is 7.81. The highest BCUT2D eigenvalue weighted by Gasteiger charge is 2.19. The van der Waals surface area contributed by atoms with Crippen LogP contribution in [0.2, 0.25) is 0 Å². The summed E-state index contributed by atoms with van der Waals surface area (Å²) in [6.07, 6.45) is 6.16. The highest BCUT2D eigenvalue weighted by atomic mass is 32.1. The van der Waals surface area contributed by atoms with Gasteiger partial charge in [-0.2, -0.15) is 25.3 Å². The second-order valence-corrected chi connectivity index (χ2v) is 6.15. The maximum Gasteiger partial charge on any atom is 0.313 e. The van der Waals surface area contributed by atoms with Crippen LogP contribution >= 0.6 is 25.3 Å². The van der Waals surface area contributed by atoms with E-state index >= 15 is 0 Å². The van der Waals surface area contributed by atoms with Crippen LogP contribution in [0.4, 0.5) is 0 Å². The van der Waals surface area contributed by atoms with E-state index in [4.69, 9.17) is 20.1 Å². The molecule has 4 N–H and O–H groups in total. The van der Waals surface area contributed by atoms with Crippen molar-refractivity contribution >= 4 is 37.2 Å². The Hall–Kier alpha value is -0.480. The molecule has 0 rings (SSSR count). The first-order valence-corrected chi connectivity index (χ1v) is 10.5. The van der Waals surface area contributed by atoms with Crippen molar-refractivity contribution in [2.24, 2.45) is 0 Å². The first-order chi connectivity index (χ1) is 12.6. The minimum atomic E-state index is -0.881. The fraction of sp³-hybridized carbons (Fsp3) is 0.889. The molecule has 9 heteroatoms. The van der Waals surface area contributed by atoms with E-state index in [2.05, 4.69) is 39.1 Å². The number of ether oxygens (including phenoxy) is 1. The van der Waals surface area contributed by atoms with Crippen molar-refractivity contribution in [2.75, 3.05) is 31.3 Å². The van der Waals surface area contributed by atoms with Crippen molar-refractivity contribution < 1.29 is 34.8 Å². The first kappa shape index (κ1) is 34.1. The number of aliphatic hydroxyl groups is 2. The molecule has 0 unspecified atom stereocenters. The Balaban J connectivity index is -0.000000135. The maximum absolute atomic E-state index is 9.29. The summed E-state index contributed by atoms with van der Waals surface area (Å²) in [6, 6.07) is 0. The third-order valence-corrected chi connectivity index (χ3v) is 3.71. The Bertz CT molecular complexity index is 284. The third-order valence-electron chi connectivity index (χ3n) is 3.17. The highest BCUT2D eigenvalue weighted by Crippen LogP contribution is 2.11. The topological polar surface area (TPSA) is 124 Å². The van der Waals surface area contributed by atoms with Crippen LogP contribution in [0.1, 0.15) is 66.2 Å². The summed E-state index contributed by atoms with van der Waals surface area (Å²) in [5.74, 6) is -1.93. The zero-order chi connectivity index (χ0) is 22.1. The van der Waals surface area contributed by atoms with Crippen molar-refractivity contribution in [3.8, 4) is 0 Å². The standard InChI is InChI=1S/C8H18O.C6H14O2.2C2H4O2S/c1-3-5-7-9-8-6-4-2;1-3-6(8,4-2)5-7;2*3-2(4)1-5/h3-8H2,1-2H3;7-8H,3-5H2,1-2H3;2*5H,1H2,(H,3,4). The van der Waals surface area contributed by atoms with Gasteiger partial charge in [-0.25, -0.2) is 0 Å². The molecular formula is C18H40O7S2. The normalized spacial score (nSPS) is 9.63. The predicted octanol–water partition coefficient (Wildman–Crippen LogP) is 3.13. The number of aliphatic carboxylic acids is 2. The number of aliphatic hydroxyl groups excluding tert-OH is 1. The number of carbonyl (C=O) groups is 2. The third kappa shape index (κ3) is 41.2. The predicted molar refractivity (Wildman–Crippen MR) is 116 cm³/mol. The van der Waals surface area contributed by atoms with E-state index in [1.165, 1.54) is 25.7 Å². The van der Waals surface area contributed by atoms with E-state index < -0.39 is 17.5 Å². The summed E-state index contributed by atoms with van der Waals surface area (Å²) in [5.41, 5.74) is -0.819. The number of hydrogen-bond donors (Lipinski definition) is 6. The van der Waals surface area contributed by atoms with E-state index in [1.54, 1.807) is 0 Å². The smallest absolute Gasteiger partial charge is 0.313 e. The lowest BCUT2D eigenvalue weighted by molar-refractivity contribution is -0.134. The minimum absolute atomic E-state index is 0.0833. The molecule has 0 saturated heterocycles. The van der Waals surface area contributed by atoms with Gasteiger partial charge in [0.15, 0.2) is 0 Å². The van der Waals surface area contributed by atoms with Crippen LogP contribution in [-0.4, -0.2) is 69.3 Å². The van der Waals surface area contributed by atoms with Gasteiger partial charge in [-0.15, -0.1) is 0 Å². The van der Waals surface area contributed by atoms with Gasteiger partial charge >= 0.3 is 11.9 Å². The Morgan fingerprint density at radius 1 is 0.852 bits per heavy atom. The summed E-state index contributed by atoms with van der Waals surface area (Å²) in [5, 5.41) is 33.0. The zero-order valence-corrected chi connectivity index (χ0v) is 19.0. The lowest BCUT2D eigenvalue weighted by Crippen LogP contribution is -2.30. The van der Waals surface area contributed by atoms with Crippen LogP contribution in [0.15, 0.2) is 0 Å². The van der Waals surface area contributed by atoms with Crippen LogP contribution in [0, 0.1) is 0 Å².